The Morgan fingerprint density at radius 1 is 1.09 bits per heavy atom. The molecule has 0 radical (unpaired) electrons. The summed E-state index contributed by atoms with van der Waals surface area (Å²) < 4.78 is 22.4. The Labute approximate surface area is 133 Å². The number of benzene rings is 2. The minimum atomic E-state index is -3.70. The molecule has 4 N–H and O–H groups in total. The van der Waals surface area contributed by atoms with Crippen LogP contribution in [0.2, 0.25) is 0 Å². The fourth-order valence-corrected chi connectivity index (χ4v) is 2.86. The van der Waals surface area contributed by atoms with Gasteiger partial charge >= 0.3 is 0 Å². The van der Waals surface area contributed by atoms with Crippen molar-refractivity contribution in [1.82, 2.24) is 10.3 Å². The van der Waals surface area contributed by atoms with Gasteiger partial charge in [0.25, 0.3) is 5.91 Å². The van der Waals surface area contributed by atoms with Crippen molar-refractivity contribution in [3.8, 4) is 0 Å². The van der Waals surface area contributed by atoms with Crippen molar-refractivity contribution >= 4 is 26.8 Å². The topological polar surface area (TPSA) is 105 Å². The van der Waals surface area contributed by atoms with Crippen LogP contribution in [0.3, 0.4) is 0 Å². The molecule has 0 atom stereocenters. The quantitative estimate of drug-likeness (QED) is 0.679. The van der Waals surface area contributed by atoms with Gasteiger partial charge in [-0.3, -0.25) is 4.79 Å². The second-order valence-electron chi connectivity index (χ2n) is 5.12. The van der Waals surface area contributed by atoms with Crippen LogP contribution in [0.4, 0.5) is 0 Å². The Kier molecular flexibility index (Phi) is 3.89. The molecule has 0 fully saturated rings. The normalized spacial score (nSPS) is 11.5. The van der Waals surface area contributed by atoms with Crippen molar-refractivity contribution in [3.05, 3.63) is 65.9 Å². The number of hydrogen-bond acceptors (Lipinski definition) is 3. The smallest absolute Gasteiger partial charge is 0.253 e. The first kappa shape index (κ1) is 15.3. The number of carbonyl (C=O) groups excluding carboxylic acids is 1. The van der Waals surface area contributed by atoms with Gasteiger partial charge in [-0.05, 0) is 29.8 Å². The summed E-state index contributed by atoms with van der Waals surface area (Å²) in [6.45, 7) is 0.292. The average Bonchev–Trinajstić information content (AvgIpc) is 3.00. The molecule has 7 heteroatoms. The molecule has 2 aromatic carbocycles. The highest BCUT2D eigenvalue weighted by molar-refractivity contribution is 7.89. The van der Waals surface area contributed by atoms with E-state index in [4.69, 9.17) is 5.14 Å². The van der Waals surface area contributed by atoms with Crippen LogP contribution in [-0.2, 0) is 16.6 Å². The standard InChI is InChI=1S/C16H15N3O3S/c17-23(21,22)13-6-4-11(5-7-13)10-19-16(20)14-3-1-2-12-8-9-18-15(12)14/h1-9,18H,10H2,(H,19,20)(H2,17,21,22). The van der Waals surface area contributed by atoms with Gasteiger partial charge in [-0.2, -0.15) is 0 Å². The number of sulfonamides is 1. The molecule has 118 valence electrons. The van der Waals surface area contributed by atoms with Crippen molar-refractivity contribution in [3.63, 3.8) is 0 Å². The summed E-state index contributed by atoms with van der Waals surface area (Å²) in [5.74, 6) is -0.200. The number of carbonyl (C=O) groups is 1. The number of aromatic nitrogens is 1. The highest BCUT2D eigenvalue weighted by atomic mass is 32.2. The van der Waals surface area contributed by atoms with E-state index in [1.54, 1.807) is 24.4 Å². The lowest BCUT2D eigenvalue weighted by molar-refractivity contribution is 0.0952. The van der Waals surface area contributed by atoms with Crippen LogP contribution < -0.4 is 10.5 Å². The molecule has 0 aliphatic rings. The van der Waals surface area contributed by atoms with Crippen molar-refractivity contribution in [2.45, 2.75) is 11.4 Å². The number of fused-ring (bicyclic) bond motifs is 1. The lowest BCUT2D eigenvalue weighted by atomic mass is 10.1. The van der Waals surface area contributed by atoms with Crippen LogP contribution >= 0.6 is 0 Å². The highest BCUT2D eigenvalue weighted by Crippen LogP contribution is 2.17. The zero-order chi connectivity index (χ0) is 16.4. The van der Waals surface area contributed by atoms with Gasteiger partial charge in [0.05, 0.1) is 16.0 Å². The van der Waals surface area contributed by atoms with E-state index >= 15 is 0 Å². The van der Waals surface area contributed by atoms with Crippen LogP contribution in [0.1, 0.15) is 15.9 Å². The van der Waals surface area contributed by atoms with E-state index in [9.17, 15) is 13.2 Å². The third-order valence-corrected chi connectivity index (χ3v) is 4.47. The summed E-state index contributed by atoms with van der Waals surface area (Å²) in [6.07, 6.45) is 1.79. The predicted octanol–water partition coefficient (Wildman–Crippen LogP) is 1.75. The van der Waals surface area contributed by atoms with E-state index in [1.165, 1.54) is 12.1 Å². The number of rotatable bonds is 4. The summed E-state index contributed by atoms with van der Waals surface area (Å²) >= 11 is 0. The summed E-state index contributed by atoms with van der Waals surface area (Å²) in [5.41, 5.74) is 2.13. The third-order valence-electron chi connectivity index (χ3n) is 3.54. The van der Waals surface area contributed by atoms with E-state index in [0.29, 0.717) is 12.1 Å². The number of hydrogen-bond donors (Lipinski definition) is 3. The van der Waals surface area contributed by atoms with E-state index < -0.39 is 10.0 Å². The van der Waals surface area contributed by atoms with Gasteiger partial charge in [0.15, 0.2) is 0 Å². The van der Waals surface area contributed by atoms with Gasteiger partial charge in [-0.15, -0.1) is 0 Å². The number of nitrogens with two attached hydrogens (primary N) is 1. The van der Waals surface area contributed by atoms with Gasteiger partial charge in [0, 0.05) is 18.1 Å². The van der Waals surface area contributed by atoms with Crippen LogP contribution in [0.25, 0.3) is 10.9 Å². The zero-order valence-electron chi connectivity index (χ0n) is 12.1. The summed E-state index contributed by atoms with van der Waals surface area (Å²) in [7, 11) is -3.70. The number of aromatic amines is 1. The first-order valence-electron chi connectivity index (χ1n) is 6.91. The molecular formula is C16H15N3O3S. The van der Waals surface area contributed by atoms with E-state index in [2.05, 4.69) is 10.3 Å². The molecule has 1 aromatic heterocycles. The van der Waals surface area contributed by atoms with E-state index in [0.717, 1.165) is 16.5 Å². The molecule has 23 heavy (non-hydrogen) atoms. The molecule has 3 aromatic rings. The monoisotopic (exact) mass is 329 g/mol. The van der Waals surface area contributed by atoms with Gasteiger partial charge < -0.3 is 10.3 Å². The molecule has 0 unspecified atom stereocenters. The number of nitrogens with one attached hydrogen (secondary N) is 2. The Bertz CT molecular complexity index is 960. The van der Waals surface area contributed by atoms with E-state index in [-0.39, 0.29) is 10.8 Å². The van der Waals surface area contributed by atoms with Gasteiger partial charge in [-0.25, -0.2) is 13.6 Å². The second-order valence-corrected chi connectivity index (χ2v) is 6.68. The fraction of sp³-hybridized carbons (Fsp3) is 0.0625. The molecule has 3 rings (SSSR count). The Balaban J connectivity index is 1.73. The Hall–Kier alpha value is -2.64. The van der Waals surface area contributed by atoms with Crippen LogP contribution in [0, 0.1) is 0 Å². The minimum absolute atomic E-state index is 0.0451. The Morgan fingerprint density at radius 2 is 1.83 bits per heavy atom. The number of H-pyrrole nitrogens is 1. The summed E-state index contributed by atoms with van der Waals surface area (Å²) in [5, 5.41) is 8.83. The maximum absolute atomic E-state index is 12.3. The van der Waals surface area contributed by atoms with Crippen LogP contribution in [0.15, 0.2) is 59.6 Å². The molecule has 0 saturated heterocycles. The Morgan fingerprint density at radius 3 is 2.52 bits per heavy atom. The molecule has 0 saturated carbocycles. The van der Waals surface area contributed by atoms with Crippen molar-refractivity contribution in [2.75, 3.05) is 0 Å². The lowest BCUT2D eigenvalue weighted by Crippen LogP contribution is -2.23. The first-order valence-corrected chi connectivity index (χ1v) is 8.46. The maximum Gasteiger partial charge on any atom is 0.253 e. The van der Waals surface area contributed by atoms with Crippen molar-refractivity contribution in [2.24, 2.45) is 5.14 Å². The zero-order valence-corrected chi connectivity index (χ0v) is 12.9. The molecule has 1 heterocycles. The largest absolute Gasteiger partial charge is 0.361 e. The van der Waals surface area contributed by atoms with Crippen LogP contribution in [0.5, 0.6) is 0 Å². The summed E-state index contributed by atoms with van der Waals surface area (Å²) in [6, 6.07) is 13.5. The summed E-state index contributed by atoms with van der Waals surface area (Å²) in [4.78, 5) is 15.4. The average molecular weight is 329 g/mol. The fourth-order valence-electron chi connectivity index (χ4n) is 2.35. The minimum Gasteiger partial charge on any atom is -0.361 e. The molecule has 0 bridgehead atoms. The van der Waals surface area contributed by atoms with Crippen molar-refractivity contribution < 1.29 is 13.2 Å². The molecular weight excluding hydrogens is 314 g/mol. The molecule has 6 nitrogen and oxygen atoms in total. The second kappa shape index (κ2) is 5.86. The first-order chi connectivity index (χ1) is 10.9. The molecule has 0 spiro atoms. The van der Waals surface area contributed by atoms with Gasteiger partial charge in [0.2, 0.25) is 10.0 Å². The molecule has 0 aliphatic carbocycles. The van der Waals surface area contributed by atoms with Gasteiger partial charge in [-0.1, -0.05) is 24.3 Å². The molecule has 1 amide bonds. The van der Waals surface area contributed by atoms with E-state index in [1.807, 2.05) is 18.2 Å². The third kappa shape index (κ3) is 3.25. The number of para-hydroxylation sites is 1. The predicted molar refractivity (Wildman–Crippen MR) is 87.3 cm³/mol. The maximum atomic E-state index is 12.3. The lowest BCUT2D eigenvalue weighted by Gasteiger charge is -2.07. The highest BCUT2D eigenvalue weighted by Gasteiger charge is 2.11. The SMILES string of the molecule is NS(=O)(=O)c1ccc(CNC(=O)c2cccc3cc[nH]c23)cc1. The number of primary sulfonamides is 1. The van der Waals surface area contributed by atoms with Crippen molar-refractivity contribution in [1.29, 1.82) is 0 Å². The van der Waals surface area contributed by atoms with Crippen LogP contribution in [-0.4, -0.2) is 19.3 Å². The number of amides is 1. The van der Waals surface area contributed by atoms with Gasteiger partial charge in [0.1, 0.15) is 0 Å². The molecule has 0 aliphatic heterocycles.